The summed E-state index contributed by atoms with van der Waals surface area (Å²) in [4.78, 5) is 17.5. The second kappa shape index (κ2) is 7.59. The number of aromatic nitrogens is 2. The molecule has 0 atom stereocenters. The molecule has 1 spiro atoms. The van der Waals surface area contributed by atoms with Gasteiger partial charge in [-0.15, -0.1) is 0 Å². The lowest BCUT2D eigenvalue weighted by molar-refractivity contribution is 0.0923. The van der Waals surface area contributed by atoms with Crippen molar-refractivity contribution in [2.75, 3.05) is 5.32 Å². The largest absolute Gasteiger partial charge is 0.450 e. The summed E-state index contributed by atoms with van der Waals surface area (Å²) in [6.45, 7) is 8.40. The highest BCUT2D eigenvalue weighted by molar-refractivity contribution is 6.34. The summed E-state index contributed by atoms with van der Waals surface area (Å²) in [7, 11) is 1.95. The number of nitrogens with one attached hydrogen (secondary N) is 3. The highest BCUT2D eigenvalue weighted by Crippen LogP contribution is 2.49. The second-order valence-corrected chi connectivity index (χ2v) is 9.36. The predicted octanol–water partition coefficient (Wildman–Crippen LogP) is 5.01. The van der Waals surface area contributed by atoms with E-state index in [0.717, 1.165) is 65.4 Å². The average Bonchev–Trinajstić information content (AvgIpc) is 3.29. The molecule has 0 unspecified atom stereocenters. The molecule has 7 nitrogen and oxygen atoms in total. The first-order valence-electron chi connectivity index (χ1n) is 11.1. The van der Waals surface area contributed by atoms with E-state index >= 15 is 0 Å². The standard InChI is InChI=1S/C24H28ClN5O2/c1-13-14(2)30(4)19(27-13)12-26-23(31)18-11-16-10-17(25)21-20(22(16)32-18)24(29-15(3)28-21)8-6-5-7-9-24/h10-11,28-29H,3,5-9,12H2,1-2,4H3,(H,26,31). The summed E-state index contributed by atoms with van der Waals surface area (Å²) in [5.41, 5.74) is 4.28. The van der Waals surface area contributed by atoms with Crippen LogP contribution in [0.3, 0.4) is 0 Å². The fourth-order valence-electron chi connectivity index (χ4n) is 5.09. The number of carbonyl (C=O) groups is 1. The van der Waals surface area contributed by atoms with Gasteiger partial charge in [0.15, 0.2) is 5.76 Å². The summed E-state index contributed by atoms with van der Waals surface area (Å²) in [5, 5.41) is 11.2. The third-order valence-electron chi connectivity index (χ3n) is 6.95. The fraction of sp³-hybridized carbons (Fsp3) is 0.417. The summed E-state index contributed by atoms with van der Waals surface area (Å²) >= 11 is 6.67. The Labute approximate surface area is 192 Å². The van der Waals surface area contributed by atoms with E-state index in [2.05, 4.69) is 27.5 Å². The molecule has 1 aromatic carbocycles. The van der Waals surface area contributed by atoms with Crippen LogP contribution < -0.4 is 16.0 Å². The van der Waals surface area contributed by atoms with Crippen LogP contribution in [-0.4, -0.2) is 15.5 Å². The molecule has 1 saturated carbocycles. The van der Waals surface area contributed by atoms with Crippen LogP contribution >= 0.6 is 11.6 Å². The van der Waals surface area contributed by atoms with E-state index in [1.807, 2.05) is 31.5 Å². The van der Waals surface area contributed by atoms with Crippen LogP contribution in [0.15, 0.2) is 28.9 Å². The Morgan fingerprint density at radius 3 is 2.75 bits per heavy atom. The molecule has 0 saturated heterocycles. The molecule has 3 heterocycles. The molecule has 0 bridgehead atoms. The molecule has 8 heteroatoms. The van der Waals surface area contributed by atoms with Gasteiger partial charge in [-0.25, -0.2) is 4.98 Å². The molecule has 2 aliphatic rings. The summed E-state index contributed by atoms with van der Waals surface area (Å²) in [6.07, 6.45) is 5.38. The molecular formula is C24H28ClN5O2. The van der Waals surface area contributed by atoms with Gasteiger partial charge in [-0.3, -0.25) is 4.79 Å². The monoisotopic (exact) mass is 453 g/mol. The van der Waals surface area contributed by atoms with Gasteiger partial charge in [0.1, 0.15) is 11.4 Å². The third-order valence-corrected chi connectivity index (χ3v) is 7.25. The smallest absolute Gasteiger partial charge is 0.287 e. The number of rotatable bonds is 3. The van der Waals surface area contributed by atoms with Crippen molar-refractivity contribution in [2.24, 2.45) is 7.05 Å². The van der Waals surface area contributed by atoms with Gasteiger partial charge in [-0.1, -0.05) is 37.4 Å². The number of hydrogen-bond donors (Lipinski definition) is 3. The number of anilines is 1. The van der Waals surface area contributed by atoms with Gasteiger partial charge in [-0.2, -0.15) is 0 Å². The summed E-state index contributed by atoms with van der Waals surface area (Å²) in [6, 6.07) is 3.62. The molecule has 1 aliphatic carbocycles. The minimum atomic E-state index is -0.285. The lowest BCUT2D eigenvalue weighted by Gasteiger charge is -2.44. The molecular weight excluding hydrogens is 426 g/mol. The van der Waals surface area contributed by atoms with Gasteiger partial charge in [0.05, 0.1) is 34.3 Å². The Morgan fingerprint density at radius 1 is 1.31 bits per heavy atom. The number of aryl methyl sites for hydroxylation is 1. The van der Waals surface area contributed by atoms with E-state index in [-0.39, 0.29) is 17.2 Å². The third kappa shape index (κ3) is 3.26. The van der Waals surface area contributed by atoms with Crippen molar-refractivity contribution in [1.29, 1.82) is 0 Å². The molecule has 1 aliphatic heterocycles. The van der Waals surface area contributed by atoms with E-state index in [9.17, 15) is 4.79 Å². The highest BCUT2D eigenvalue weighted by atomic mass is 35.5. The van der Waals surface area contributed by atoms with Crippen LogP contribution in [0.5, 0.6) is 0 Å². The minimum Gasteiger partial charge on any atom is -0.450 e. The lowest BCUT2D eigenvalue weighted by Crippen LogP contribution is -2.48. The van der Waals surface area contributed by atoms with Crippen molar-refractivity contribution in [2.45, 2.75) is 58.0 Å². The number of halogens is 1. The molecule has 0 radical (unpaired) electrons. The first-order valence-corrected chi connectivity index (χ1v) is 11.4. The zero-order valence-corrected chi connectivity index (χ0v) is 19.4. The molecule has 1 fully saturated rings. The van der Waals surface area contributed by atoms with Crippen molar-refractivity contribution in [3.05, 3.63) is 58.1 Å². The number of hydrogen-bond acceptors (Lipinski definition) is 5. The van der Waals surface area contributed by atoms with E-state index in [1.165, 1.54) is 6.42 Å². The quantitative estimate of drug-likeness (QED) is 0.519. The topological polar surface area (TPSA) is 84.1 Å². The van der Waals surface area contributed by atoms with Crippen LogP contribution in [0, 0.1) is 13.8 Å². The molecule has 5 rings (SSSR count). The van der Waals surface area contributed by atoms with Gasteiger partial charge < -0.3 is 24.9 Å². The molecule has 3 aromatic rings. The fourth-order valence-corrected chi connectivity index (χ4v) is 5.35. The Bertz CT molecular complexity index is 1250. The number of amides is 1. The Kier molecular flexibility index (Phi) is 4.97. The number of nitrogens with zero attached hydrogens (tertiary/aromatic N) is 2. The minimum absolute atomic E-state index is 0.266. The van der Waals surface area contributed by atoms with Crippen molar-refractivity contribution in [3.63, 3.8) is 0 Å². The molecule has 32 heavy (non-hydrogen) atoms. The van der Waals surface area contributed by atoms with Crippen LogP contribution in [0.25, 0.3) is 11.0 Å². The molecule has 3 N–H and O–H groups in total. The van der Waals surface area contributed by atoms with Gasteiger partial charge in [0, 0.05) is 23.7 Å². The van der Waals surface area contributed by atoms with E-state index in [1.54, 1.807) is 6.07 Å². The highest BCUT2D eigenvalue weighted by Gasteiger charge is 2.42. The molecule has 1 amide bonds. The van der Waals surface area contributed by atoms with Crippen molar-refractivity contribution < 1.29 is 9.21 Å². The van der Waals surface area contributed by atoms with Gasteiger partial charge in [-0.05, 0) is 38.8 Å². The first-order chi connectivity index (χ1) is 15.3. The first kappa shape index (κ1) is 20.9. The number of carbonyl (C=O) groups excluding carboxylic acids is 1. The second-order valence-electron chi connectivity index (χ2n) is 8.95. The number of furan rings is 1. The zero-order chi connectivity index (χ0) is 22.6. The van der Waals surface area contributed by atoms with Gasteiger partial charge >= 0.3 is 0 Å². The maximum atomic E-state index is 12.9. The van der Waals surface area contributed by atoms with E-state index < -0.39 is 0 Å². The van der Waals surface area contributed by atoms with Crippen LogP contribution in [-0.2, 0) is 19.1 Å². The maximum absolute atomic E-state index is 12.9. The van der Waals surface area contributed by atoms with Crippen molar-refractivity contribution >= 4 is 34.2 Å². The van der Waals surface area contributed by atoms with Crippen LogP contribution in [0.1, 0.15) is 65.4 Å². The summed E-state index contributed by atoms with van der Waals surface area (Å²) in [5.74, 6) is 1.54. The molecule has 2 aromatic heterocycles. The maximum Gasteiger partial charge on any atom is 0.287 e. The predicted molar refractivity (Wildman–Crippen MR) is 126 cm³/mol. The van der Waals surface area contributed by atoms with Gasteiger partial charge in [0.25, 0.3) is 5.91 Å². The van der Waals surface area contributed by atoms with E-state index in [4.69, 9.17) is 16.0 Å². The number of benzene rings is 1. The Hall–Kier alpha value is -2.93. The number of imidazole rings is 1. The van der Waals surface area contributed by atoms with Crippen molar-refractivity contribution in [1.82, 2.24) is 20.2 Å². The van der Waals surface area contributed by atoms with E-state index in [0.29, 0.717) is 17.2 Å². The lowest BCUT2D eigenvalue weighted by atomic mass is 9.74. The SMILES string of the molecule is C=C1Nc2c(Cl)cc3cc(C(=O)NCc4nc(C)c(C)n4C)oc3c2C2(CCCCC2)N1. The molecule has 168 valence electrons. The zero-order valence-electron chi connectivity index (χ0n) is 18.7. The summed E-state index contributed by atoms with van der Waals surface area (Å²) < 4.78 is 8.17. The number of fused-ring (bicyclic) bond motifs is 4. The average molecular weight is 454 g/mol. The van der Waals surface area contributed by atoms with Crippen molar-refractivity contribution in [3.8, 4) is 0 Å². The van der Waals surface area contributed by atoms with Crippen LogP contribution in [0.4, 0.5) is 5.69 Å². The Balaban J connectivity index is 1.51. The van der Waals surface area contributed by atoms with Gasteiger partial charge in [0.2, 0.25) is 0 Å². The Morgan fingerprint density at radius 2 is 2.06 bits per heavy atom. The normalized spacial score (nSPS) is 17.2. The van der Waals surface area contributed by atoms with Crippen LogP contribution in [0.2, 0.25) is 5.02 Å².